The lowest BCUT2D eigenvalue weighted by atomic mass is 10.2. The van der Waals surface area contributed by atoms with Crippen molar-refractivity contribution in [2.75, 3.05) is 26.7 Å². The third-order valence-corrected chi connectivity index (χ3v) is 1.86. The van der Waals surface area contributed by atoms with E-state index in [4.69, 9.17) is 9.57 Å². The van der Waals surface area contributed by atoms with Gasteiger partial charge in [0.1, 0.15) is 11.4 Å². The number of benzene rings is 1. The molecule has 0 aliphatic heterocycles. The molecule has 0 saturated carbocycles. The molecule has 0 amide bonds. The average molecular weight is 196 g/mol. The topological polar surface area (TPSA) is 42.5 Å². The lowest BCUT2D eigenvalue weighted by Crippen LogP contribution is -2.06. The van der Waals surface area contributed by atoms with Gasteiger partial charge in [0.25, 0.3) is 0 Å². The molecule has 0 unspecified atom stereocenters. The van der Waals surface area contributed by atoms with E-state index in [0.717, 1.165) is 18.0 Å². The van der Waals surface area contributed by atoms with Crippen molar-refractivity contribution < 1.29 is 9.57 Å². The number of methoxy groups -OCH3 is 1. The first kappa shape index (κ1) is 10.8. The van der Waals surface area contributed by atoms with E-state index < -0.39 is 0 Å². The zero-order chi connectivity index (χ0) is 10.4. The van der Waals surface area contributed by atoms with E-state index in [1.165, 1.54) is 5.56 Å². The first-order valence-electron chi connectivity index (χ1n) is 4.42. The van der Waals surface area contributed by atoms with Gasteiger partial charge in [-0.15, -0.1) is 0 Å². The number of hydrogen-bond donors (Lipinski definition) is 2. The van der Waals surface area contributed by atoms with E-state index >= 15 is 0 Å². The summed E-state index contributed by atoms with van der Waals surface area (Å²) in [6.45, 7) is 0.822. The minimum Gasteiger partial charge on any atom is -0.495 e. The van der Waals surface area contributed by atoms with Crippen molar-refractivity contribution >= 4 is 5.69 Å². The summed E-state index contributed by atoms with van der Waals surface area (Å²) < 4.78 is 5.17. The largest absolute Gasteiger partial charge is 0.495 e. The van der Waals surface area contributed by atoms with Crippen LogP contribution in [-0.2, 0) is 11.4 Å². The van der Waals surface area contributed by atoms with Gasteiger partial charge in [-0.05, 0) is 24.7 Å². The van der Waals surface area contributed by atoms with Crippen LogP contribution in [-0.4, -0.2) is 21.3 Å². The quantitative estimate of drug-likeness (QED) is 0.698. The van der Waals surface area contributed by atoms with E-state index in [1.807, 2.05) is 25.2 Å². The van der Waals surface area contributed by atoms with Crippen LogP contribution in [0.2, 0.25) is 0 Å². The molecule has 0 aliphatic carbocycles. The molecule has 0 aliphatic rings. The molecule has 0 heterocycles. The molecule has 0 radical (unpaired) electrons. The lowest BCUT2D eigenvalue weighted by molar-refractivity contribution is 0.268. The van der Waals surface area contributed by atoms with Crippen molar-refractivity contribution in [3.63, 3.8) is 0 Å². The Bertz CT molecular complexity index is 289. The summed E-state index contributed by atoms with van der Waals surface area (Å²) in [6.07, 6.45) is 0. The van der Waals surface area contributed by atoms with Gasteiger partial charge in [0.05, 0.1) is 14.2 Å². The molecule has 4 nitrogen and oxygen atoms in total. The Balaban J connectivity index is 2.88. The van der Waals surface area contributed by atoms with Crippen molar-refractivity contribution in [1.29, 1.82) is 0 Å². The van der Waals surface area contributed by atoms with E-state index in [2.05, 4.69) is 10.8 Å². The van der Waals surface area contributed by atoms with E-state index in [1.54, 1.807) is 14.2 Å². The second-order valence-corrected chi connectivity index (χ2v) is 2.87. The van der Waals surface area contributed by atoms with Crippen molar-refractivity contribution in [3.05, 3.63) is 23.8 Å². The van der Waals surface area contributed by atoms with Gasteiger partial charge in [0.2, 0.25) is 0 Å². The molecule has 78 valence electrons. The summed E-state index contributed by atoms with van der Waals surface area (Å²) in [4.78, 5) is 4.85. The van der Waals surface area contributed by atoms with Crippen LogP contribution in [0.4, 0.5) is 5.69 Å². The predicted molar refractivity (Wildman–Crippen MR) is 56.4 cm³/mol. The Morgan fingerprint density at radius 3 is 2.64 bits per heavy atom. The molecule has 0 spiro atoms. The Morgan fingerprint density at radius 1 is 1.29 bits per heavy atom. The summed E-state index contributed by atoms with van der Waals surface area (Å²) in [5, 5.41) is 3.08. The van der Waals surface area contributed by atoms with Crippen LogP contribution in [0, 0.1) is 0 Å². The predicted octanol–water partition coefficient (Wildman–Crippen LogP) is 1.39. The fraction of sp³-hybridized carbons (Fsp3) is 0.400. The minimum absolute atomic E-state index is 0.770. The van der Waals surface area contributed by atoms with Crippen LogP contribution >= 0.6 is 0 Å². The Kier molecular flexibility index (Phi) is 4.22. The second kappa shape index (κ2) is 5.47. The number of ether oxygens (including phenoxy) is 1. The van der Waals surface area contributed by atoms with Gasteiger partial charge >= 0.3 is 0 Å². The van der Waals surface area contributed by atoms with Gasteiger partial charge in [-0.3, -0.25) is 10.3 Å². The molecule has 0 bridgehead atoms. The maximum atomic E-state index is 5.17. The molecule has 0 fully saturated rings. The maximum absolute atomic E-state index is 5.17. The summed E-state index contributed by atoms with van der Waals surface area (Å²) in [7, 11) is 5.12. The number of rotatable bonds is 5. The van der Waals surface area contributed by atoms with Crippen LogP contribution in [0.25, 0.3) is 0 Å². The average Bonchev–Trinajstić information content (AvgIpc) is 2.19. The molecular formula is C10H16N2O2. The summed E-state index contributed by atoms with van der Waals surface area (Å²) in [6, 6.07) is 5.91. The van der Waals surface area contributed by atoms with Crippen LogP contribution in [0.15, 0.2) is 18.2 Å². The van der Waals surface area contributed by atoms with Gasteiger partial charge in [-0.2, -0.15) is 0 Å². The zero-order valence-corrected chi connectivity index (χ0v) is 8.76. The number of anilines is 1. The van der Waals surface area contributed by atoms with Crippen molar-refractivity contribution in [2.24, 2.45) is 0 Å². The third-order valence-electron chi connectivity index (χ3n) is 1.86. The van der Waals surface area contributed by atoms with Crippen molar-refractivity contribution in [1.82, 2.24) is 5.32 Å². The highest BCUT2D eigenvalue weighted by molar-refractivity contribution is 5.56. The van der Waals surface area contributed by atoms with Gasteiger partial charge in [-0.25, -0.2) is 0 Å². The third kappa shape index (κ3) is 2.61. The molecule has 1 aromatic rings. The summed E-state index contributed by atoms with van der Waals surface area (Å²) in [5.41, 5.74) is 4.78. The fourth-order valence-electron chi connectivity index (χ4n) is 1.26. The molecule has 1 aromatic carbocycles. The molecule has 2 N–H and O–H groups in total. The van der Waals surface area contributed by atoms with Crippen LogP contribution in [0.1, 0.15) is 5.56 Å². The standard InChI is InChI=1S/C10H16N2O2/c1-11-7-8-4-5-10(13-2)9(6-8)12-14-3/h4-6,11-12H,7H2,1-3H3. The smallest absolute Gasteiger partial charge is 0.144 e. The first-order chi connectivity index (χ1) is 6.81. The highest BCUT2D eigenvalue weighted by Gasteiger charge is 2.02. The number of hydrogen-bond acceptors (Lipinski definition) is 4. The first-order valence-corrected chi connectivity index (χ1v) is 4.42. The highest BCUT2D eigenvalue weighted by Crippen LogP contribution is 2.25. The van der Waals surface area contributed by atoms with Gasteiger partial charge < -0.3 is 10.1 Å². The van der Waals surface area contributed by atoms with Gasteiger partial charge in [-0.1, -0.05) is 6.07 Å². The summed E-state index contributed by atoms with van der Waals surface area (Å²) in [5.74, 6) is 0.770. The van der Waals surface area contributed by atoms with Crippen molar-refractivity contribution in [2.45, 2.75) is 6.54 Å². The Labute approximate surface area is 84.2 Å². The SMILES string of the molecule is CNCc1ccc(OC)c(NOC)c1. The van der Waals surface area contributed by atoms with Crippen LogP contribution in [0.5, 0.6) is 5.75 Å². The van der Waals surface area contributed by atoms with E-state index in [9.17, 15) is 0 Å². The monoisotopic (exact) mass is 196 g/mol. The maximum Gasteiger partial charge on any atom is 0.144 e. The normalized spacial score (nSPS) is 9.93. The van der Waals surface area contributed by atoms with E-state index in [0.29, 0.717) is 0 Å². The molecule has 0 aromatic heterocycles. The van der Waals surface area contributed by atoms with Crippen LogP contribution in [0.3, 0.4) is 0 Å². The molecule has 4 heteroatoms. The second-order valence-electron chi connectivity index (χ2n) is 2.87. The molecule has 0 atom stereocenters. The van der Waals surface area contributed by atoms with Gasteiger partial charge in [0.15, 0.2) is 0 Å². The fourth-order valence-corrected chi connectivity index (χ4v) is 1.26. The molecule has 1 rings (SSSR count). The Morgan fingerprint density at radius 2 is 2.07 bits per heavy atom. The molecular weight excluding hydrogens is 180 g/mol. The van der Waals surface area contributed by atoms with E-state index in [-0.39, 0.29) is 0 Å². The zero-order valence-electron chi connectivity index (χ0n) is 8.76. The summed E-state index contributed by atoms with van der Waals surface area (Å²) >= 11 is 0. The molecule has 0 saturated heterocycles. The van der Waals surface area contributed by atoms with Crippen molar-refractivity contribution in [3.8, 4) is 5.75 Å². The number of nitrogens with one attached hydrogen (secondary N) is 2. The molecule has 14 heavy (non-hydrogen) atoms. The Hall–Kier alpha value is -1.26. The van der Waals surface area contributed by atoms with Crippen LogP contribution < -0.4 is 15.5 Å². The van der Waals surface area contributed by atoms with Gasteiger partial charge in [0, 0.05) is 6.54 Å². The lowest BCUT2D eigenvalue weighted by Gasteiger charge is -2.10. The highest BCUT2D eigenvalue weighted by atomic mass is 16.6. The minimum atomic E-state index is 0.770.